The summed E-state index contributed by atoms with van der Waals surface area (Å²) in [4.78, 5) is 6.79. The van der Waals surface area contributed by atoms with Gasteiger partial charge in [-0.15, -0.1) is 11.3 Å². The van der Waals surface area contributed by atoms with E-state index in [-0.39, 0.29) is 0 Å². The normalized spacial score (nSPS) is 29.1. The summed E-state index contributed by atoms with van der Waals surface area (Å²) >= 11 is 7.76. The second-order valence-electron chi connectivity index (χ2n) is 6.16. The zero-order chi connectivity index (χ0) is 13.4. The first-order valence-electron chi connectivity index (χ1n) is 7.37. The SMILES string of the molecule is CC(C)N1C2CCC1CN(Cc1ccc(Cl)s1)CC2. The van der Waals surface area contributed by atoms with Gasteiger partial charge in [0.05, 0.1) is 4.34 Å². The quantitative estimate of drug-likeness (QED) is 0.836. The van der Waals surface area contributed by atoms with Crippen LogP contribution in [0.4, 0.5) is 0 Å². The van der Waals surface area contributed by atoms with Crippen LogP contribution in [0.15, 0.2) is 12.1 Å². The van der Waals surface area contributed by atoms with Crippen molar-refractivity contribution >= 4 is 22.9 Å². The van der Waals surface area contributed by atoms with Gasteiger partial charge in [-0.25, -0.2) is 0 Å². The van der Waals surface area contributed by atoms with Crippen molar-refractivity contribution < 1.29 is 0 Å². The lowest BCUT2D eigenvalue weighted by Gasteiger charge is -2.32. The summed E-state index contributed by atoms with van der Waals surface area (Å²) in [5, 5.41) is 0. The van der Waals surface area contributed by atoms with Crippen LogP contribution in [0, 0.1) is 0 Å². The van der Waals surface area contributed by atoms with E-state index in [2.05, 4.69) is 29.7 Å². The second kappa shape index (κ2) is 5.72. The molecule has 0 N–H and O–H groups in total. The molecular weight excluding hydrogens is 276 g/mol. The molecule has 0 radical (unpaired) electrons. The summed E-state index contributed by atoms with van der Waals surface area (Å²) in [7, 11) is 0. The van der Waals surface area contributed by atoms with Gasteiger partial charge >= 0.3 is 0 Å². The van der Waals surface area contributed by atoms with E-state index in [4.69, 9.17) is 11.6 Å². The van der Waals surface area contributed by atoms with Crippen LogP contribution >= 0.6 is 22.9 Å². The molecule has 4 heteroatoms. The molecule has 2 nitrogen and oxygen atoms in total. The van der Waals surface area contributed by atoms with Crippen molar-refractivity contribution in [2.75, 3.05) is 13.1 Å². The largest absolute Gasteiger partial charge is 0.297 e. The first-order valence-corrected chi connectivity index (χ1v) is 8.57. The molecule has 2 aliphatic heterocycles. The molecule has 0 amide bonds. The molecular formula is C15H23ClN2S. The lowest BCUT2D eigenvalue weighted by molar-refractivity contribution is 0.145. The third-order valence-corrected chi connectivity index (χ3v) is 5.74. The highest BCUT2D eigenvalue weighted by molar-refractivity contribution is 7.16. The van der Waals surface area contributed by atoms with Gasteiger partial charge in [0, 0.05) is 42.6 Å². The third-order valence-electron chi connectivity index (χ3n) is 4.53. The Morgan fingerprint density at radius 3 is 2.74 bits per heavy atom. The lowest BCUT2D eigenvalue weighted by Crippen LogP contribution is -2.43. The molecule has 3 rings (SSSR count). The Labute approximate surface area is 125 Å². The number of hydrogen-bond acceptors (Lipinski definition) is 3. The molecule has 0 saturated carbocycles. The third kappa shape index (κ3) is 2.99. The standard InChI is InChI=1S/C15H23ClN2S/c1-11(2)18-12-3-4-13(18)9-17(8-7-12)10-14-5-6-15(16)19-14/h5-6,11-13H,3-4,7-10H2,1-2H3. The summed E-state index contributed by atoms with van der Waals surface area (Å²) in [6.07, 6.45) is 4.11. The number of nitrogens with zero attached hydrogens (tertiary/aromatic N) is 2. The van der Waals surface area contributed by atoms with E-state index in [1.165, 1.54) is 37.2 Å². The Hall–Kier alpha value is -0.0900. The molecule has 1 aromatic heterocycles. The minimum Gasteiger partial charge on any atom is -0.297 e. The van der Waals surface area contributed by atoms with E-state index in [9.17, 15) is 0 Å². The first kappa shape index (κ1) is 13.9. The van der Waals surface area contributed by atoms with E-state index in [1.807, 2.05) is 6.07 Å². The maximum absolute atomic E-state index is 6.03. The molecule has 0 spiro atoms. The van der Waals surface area contributed by atoms with Crippen LogP contribution in [0.3, 0.4) is 0 Å². The van der Waals surface area contributed by atoms with Gasteiger partial charge in [-0.05, 0) is 45.2 Å². The minimum atomic E-state index is 0.689. The van der Waals surface area contributed by atoms with Crippen molar-refractivity contribution in [2.45, 2.75) is 57.8 Å². The average Bonchev–Trinajstić information content (AvgIpc) is 2.86. The number of fused-ring (bicyclic) bond motifs is 2. The highest BCUT2D eigenvalue weighted by Gasteiger charge is 2.38. The number of thiophene rings is 1. The first-order chi connectivity index (χ1) is 9.13. The van der Waals surface area contributed by atoms with Crippen LogP contribution < -0.4 is 0 Å². The molecule has 2 atom stereocenters. The van der Waals surface area contributed by atoms with E-state index >= 15 is 0 Å². The van der Waals surface area contributed by atoms with Gasteiger partial charge in [0.15, 0.2) is 0 Å². The minimum absolute atomic E-state index is 0.689. The summed E-state index contributed by atoms with van der Waals surface area (Å²) in [6, 6.07) is 6.47. The van der Waals surface area contributed by atoms with Crippen molar-refractivity contribution in [3.8, 4) is 0 Å². The van der Waals surface area contributed by atoms with Gasteiger partial charge in [0.2, 0.25) is 0 Å². The fourth-order valence-corrected chi connectivity index (χ4v) is 4.96. The topological polar surface area (TPSA) is 6.48 Å². The highest BCUT2D eigenvalue weighted by Crippen LogP contribution is 2.33. The Kier molecular flexibility index (Phi) is 4.18. The summed E-state index contributed by atoms with van der Waals surface area (Å²) in [6.45, 7) is 8.23. The lowest BCUT2D eigenvalue weighted by atomic mass is 10.1. The van der Waals surface area contributed by atoms with Crippen LogP contribution in [0.5, 0.6) is 0 Å². The van der Waals surface area contributed by atoms with Crippen molar-refractivity contribution in [1.82, 2.24) is 9.80 Å². The number of likely N-dealkylation sites (tertiary alicyclic amines) is 1. The number of halogens is 1. The van der Waals surface area contributed by atoms with Crippen LogP contribution in [-0.2, 0) is 6.54 Å². The average molecular weight is 299 g/mol. The Morgan fingerprint density at radius 1 is 1.26 bits per heavy atom. The second-order valence-corrected chi connectivity index (χ2v) is 7.96. The Balaban J connectivity index is 1.67. The predicted molar refractivity (Wildman–Crippen MR) is 83.0 cm³/mol. The van der Waals surface area contributed by atoms with E-state index < -0.39 is 0 Å². The van der Waals surface area contributed by atoms with Crippen LogP contribution in [-0.4, -0.2) is 41.0 Å². The van der Waals surface area contributed by atoms with Gasteiger partial charge in [0.25, 0.3) is 0 Å². The predicted octanol–water partition coefficient (Wildman–Crippen LogP) is 3.85. The van der Waals surface area contributed by atoms with Gasteiger partial charge in [-0.1, -0.05) is 11.6 Å². The zero-order valence-corrected chi connectivity index (χ0v) is 13.4. The fraction of sp³-hybridized carbons (Fsp3) is 0.733. The Bertz CT molecular complexity index is 432. The van der Waals surface area contributed by atoms with Crippen molar-refractivity contribution in [2.24, 2.45) is 0 Å². The maximum atomic E-state index is 6.03. The van der Waals surface area contributed by atoms with E-state index in [0.29, 0.717) is 6.04 Å². The zero-order valence-electron chi connectivity index (χ0n) is 11.8. The van der Waals surface area contributed by atoms with Gasteiger partial charge in [0.1, 0.15) is 0 Å². The van der Waals surface area contributed by atoms with Crippen molar-refractivity contribution in [1.29, 1.82) is 0 Å². The van der Waals surface area contributed by atoms with Gasteiger partial charge in [-0.3, -0.25) is 9.80 Å². The molecule has 2 unspecified atom stereocenters. The summed E-state index contributed by atoms with van der Waals surface area (Å²) in [5.74, 6) is 0. The molecule has 19 heavy (non-hydrogen) atoms. The fourth-order valence-electron chi connectivity index (χ4n) is 3.82. The highest BCUT2D eigenvalue weighted by atomic mass is 35.5. The molecule has 106 valence electrons. The van der Waals surface area contributed by atoms with Crippen LogP contribution in [0.25, 0.3) is 0 Å². The molecule has 0 aromatic carbocycles. The number of rotatable bonds is 3. The molecule has 1 aromatic rings. The number of hydrogen-bond donors (Lipinski definition) is 0. The Morgan fingerprint density at radius 2 is 2.05 bits per heavy atom. The molecule has 2 saturated heterocycles. The maximum Gasteiger partial charge on any atom is 0.0931 e. The molecule has 2 fully saturated rings. The smallest absolute Gasteiger partial charge is 0.0931 e. The molecule has 0 aliphatic carbocycles. The summed E-state index contributed by atoms with van der Waals surface area (Å²) in [5.41, 5.74) is 0. The van der Waals surface area contributed by atoms with Gasteiger partial charge in [-0.2, -0.15) is 0 Å². The van der Waals surface area contributed by atoms with Gasteiger partial charge < -0.3 is 0 Å². The summed E-state index contributed by atoms with van der Waals surface area (Å²) < 4.78 is 0.912. The molecule has 2 bridgehead atoms. The van der Waals surface area contributed by atoms with E-state index in [0.717, 1.165) is 23.0 Å². The molecule has 2 aliphatic rings. The van der Waals surface area contributed by atoms with E-state index in [1.54, 1.807) is 11.3 Å². The monoisotopic (exact) mass is 298 g/mol. The van der Waals surface area contributed by atoms with Crippen LogP contribution in [0.2, 0.25) is 4.34 Å². The van der Waals surface area contributed by atoms with Crippen LogP contribution in [0.1, 0.15) is 38.0 Å². The van der Waals surface area contributed by atoms with Crippen molar-refractivity contribution in [3.05, 3.63) is 21.3 Å². The van der Waals surface area contributed by atoms with Crippen molar-refractivity contribution in [3.63, 3.8) is 0 Å². The molecule has 3 heterocycles.